The Bertz CT molecular complexity index is 362. The van der Waals surface area contributed by atoms with Crippen molar-refractivity contribution in [1.29, 1.82) is 0 Å². The van der Waals surface area contributed by atoms with Crippen molar-refractivity contribution < 1.29 is 14.9 Å². The molecule has 0 aliphatic heterocycles. The van der Waals surface area contributed by atoms with Crippen molar-refractivity contribution in [2.24, 2.45) is 5.92 Å². The zero-order chi connectivity index (χ0) is 14.1. The molecule has 0 saturated carbocycles. The minimum absolute atomic E-state index is 0.233. The Kier molecular flexibility index (Phi) is 7.30. The lowest BCUT2D eigenvalue weighted by Crippen LogP contribution is -2.23. The number of hydrogen-bond donors (Lipinski definition) is 3. The van der Waals surface area contributed by atoms with E-state index in [2.05, 4.69) is 12.2 Å². The predicted molar refractivity (Wildman–Crippen MR) is 76.5 cm³/mol. The van der Waals surface area contributed by atoms with Gasteiger partial charge in [0.1, 0.15) is 11.5 Å². The number of rotatable bonds is 9. The van der Waals surface area contributed by atoms with Crippen LogP contribution in [-0.4, -0.2) is 30.5 Å². The Hall–Kier alpha value is -1.26. The van der Waals surface area contributed by atoms with Gasteiger partial charge in [0.05, 0.1) is 7.11 Å². The van der Waals surface area contributed by atoms with Crippen molar-refractivity contribution in [2.45, 2.75) is 32.7 Å². The third kappa shape index (κ3) is 5.49. The van der Waals surface area contributed by atoms with E-state index in [1.54, 1.807) is 19.2 Å². The first-order valence-corrected chi connectivity index (χ1v) is 6.88. The van der Waals surface area contributed by atoms with E-state index in [-0.39, 0.29) is 12.4 Å². The number of aliphatic hydroxyl groups excluding tert-OH is 1. The van der Waals surface area contributed by atoms with E-state index < -0.39 is 0 Å². The van der Waals surface area contributed by atoms with Gasteiger partial charge in [-0.05, 0) is 43.5 Å². The lowest BCUT2D eigenvalue weighted by atomic mass is 10.00. The van der Waals surface area contributed by atoms with Crippen LogP contribution in [-0.2, 0) is 6.54 Å². The minimum Gasteiger partial charge on any atom is -0.508 e. The van der Waals surface area contributed by atoms with Crippen LogP contribution in [0.2, 0.25) is 0 Å². The number of hydrogen-bond acceptors (Lipinski definition) is 4. The average molecular weight is 267 g/mol. The van der Waals surface area contributed by atoms with E-state index in [1.165, 1.54) is 0 Å². The number of benzene rings is 1. The molecule has 0 bridgehead atoms. The highest BCUT2D eigenvalue weighted by atomic mass is 16.5. The summed E-state index contributed by atoms with van der Waals surface area (Å²) in [6.07, 6.45) is 3.05. The number of phenols is 1. The van der Waals surface area contributed by atoms with Gasteiger partial charge in [-0.1, -0.05) is 13.3 Å². The second kappa shape index (κ2) is 8.77. The van der Waals surface area contributed by atoms with Crippen molar-refractivity contribution in [3.63, 3.8) is 0 Å². The van der Waals surface area contributed by atoms with Crippen LogP contribution in [0.3, 0.4) is 0 Å². The van der Waals surface area contributed by atoms with E-state index >= 15 is 0 Å². The van der Waals surface area contributed by atoms with Crippen LogP contribution in [0.1, 0.15) is 31.7 Å². The smallest absolute Gasteiger partial charge is 0.120 e. The zero-order valence-electron chi connectivity index (χ0n) is 11.9. The molecule has 0 fully saturated rings. The van der Waals surface area contributed by atoms with E-state index in [4.69, 9.17) is 9.84 Å². The summed E-state index contributed by atoms with van der Waals surface area (Å²) in [5.74, 6) is 1.51. The minimum atomic E-state index is 0.233. The molecule has 0 saturated heterocycles. The molecule has 0 radical (unpaired) electrons. The fourth-order valence-corrected chi connectivity index (χ4v) is 2.18. The summed E-state index contributed by atoms with van der Waals surface area (Å²) in [5, 5.41) is 22.1. The number of aromatic hydroxyl groups is 1. The highest BCUT2D eigenvalue weighted by Crippen LogP contribution is 2.22. The van der Waals surface area contributed by atoms with E-state index in [9.17, 15) is 5.11 Å². The van der Waals surface area contributed by atoms with Crippen LogP contribution in [0.5, 0.6) is 11.5 Å². The number of ether oxygens (including phenoxy) is 1. The lowest BCUT2D eigenvalue weighted by molar-refractivity contribution is 0.248. The number of phenolic OH excluding ortho intramolecular Hbond substituents is 1. The van der Waals surface area contributed by atoms with Crippen molar-refractivity contribution >= 4 is 0 Å². The zero-order valence-corrected chi connectivity index (χ0v) is 11.9. The second-order valence-electron chi connectivity index (χ2n) is 4.79. The van der Waals surface area contributed by atoms with Crippen LogP contribution >= 0.6 is 0 Å². The van der Waals surface area contributed by atoms with Gasteiger partial charge in [0.2, 0.25) is 0 Å². The molecule has 1 atom stereocenters. The third-order valence-electron chi connectivity index (χ3n) is 3.27. The SMILES string of the molecule is CCCC(CCO)CNCc1cc(OC)ccc1O. The highest BCUT2D eigenvalue weighted by molar-refractivity contribution is 5.39. The Balaban J connectivity index is 2.47. The molecule has 0 amide bonds. The largest absolute Gasteiger partial charge is 0.508 e. The topological polar surface area (TPSA) is 61.7 Å². The summed E-state index contributed by atoms with van der Waals surface area (Å²) in [7, 11) is 1.61. The molecule has 1 rings (SSSR count). The molecule has 4 heteroatoms. The maximum atomic E-state index is 9.77. The van der Waals surface area contributed by atoms with Crippen LogP contribution in [0.25, 0.3) is 0 Å². The van der Waals surface area contributed by atoms with Gasteiger partial charge in [0.15, 0.2) is 0 Å². The molecule has 0 aliphatic carbocycles. The summed E-state index contributed by atoms with van der Waals surface area (Å²) in [4.78, 5) is 0. The Morgan fingerprint density at radius 2 is 2.11 bits per heavy atom. The average Bonchev–Trinajstić information content (AvgIpc) is 2.41. The summed E-state index contributed by atoms with van der Waals surface area (Å²) in [5.41, 5.74) is 0.832. The highest BCUT2D eigenvalue weighted by Gasteiger charge is 2.08. The van der Waals surface area contributed by atoms with Crippen molar-refractivity contribution in [3.05, 3.63) is 23.8 Å². The monoisotopic (exact) mass is 267 g/mol. The standard InChI is InChI=1S/C15H25NO3/c1-3-4-12(7-8-17)10-16-11-13-9-14(19-2)5-6-15(13)18/h5-6,9,12,16-18H,3-4,7-8,10-11H2,1-2H3. The van der Waals surface area contributed by atoms with Gasteiger partial charge in [0, 0.05) is 18.7 Å². The molecule has 1 aromatic rings. The molecule has 0 heterocycles. The number of methoxy groups -OCH3 is 1. The molecular weight excluding hydrogens is 242 g/mol. The Morgan fingerprint density at radius 1 is 1.32 bits per heavy atom. The van der Waals surface area contributed by atoms with Gasteiger partial charge in [-0.3, -0.25) is 0 Å². The summed E-state index contributed by atoms with van der Waals surface area (Å²) in [6, 6.07) is 5.22. The molecule has 1 aromatic carbocycles. The summed E-state index contributed by atoms with van der Waals surface area (Å²) in [6.45, 7) is 3.84. The molecule has 19 heavy (non-hydrogen) atoms. The van der Waals surface area contributed by atoms with Crippen LogP contribution in [0.15, 0.2) is 18.2 Å². The van der Waals surface area contributed by atoms with Crippen LogP contribution < -0.4 is 10.1 Å². The van der Waals surface area contributed by atoms with Crippen LogP contribution in [0.4, 0.5) is 0 Å². The van der Waals surface area contributed by atoms with Crippen molar-refractivity contribution in [3.8, 4) is 11.5 Å². The van der Waals surface area contributed by atoms with Gasteiger partial charge < -0.3 is 20.3 Å². The van der Waals surface area contributed by atoms with Crippen LogP contribution in [0, 0.1) is 5.92 Å². The summed E-state index contributed by atoms with van der Waals surface area (Å²) >= 11 is 0. The van der Waals surface area contributed by atoms with E-state index in [0.717, 1.165) is 37.1 Å². The molecular formula is C15H25NO3. The quantitative estimate of drug-likeness (QED) is 0.642. The van der Waals surface area contributed by atoms with Gasteiger partial charge in [0.25, 0.3) is 0 Å². The molecule has 1 unspecified atom stereocenters. The lowest BCUT2D eigenvalue weighted by Gasteiger charge is -2.16. The fourth-order valence-electron chi connectivity index (χ4n) is 2.18. The number of nitrogens with one attached hydrogen (secondary N) is 1. The van der Waals surface area contributed by atoms with Crippen molar-refractivity contribution in [1.82, 2.24) is 5.32 Å². The fraction of sp³-hybridized carbons (Fsp3) is 0.600. The maximum absolute atomic E-state index is 9.77. The third-order valence-corrected chi connectivity index (χ3v) is 3.27. The molecule has 0 aliphatic rings. The first-order chi connectivity index (χ1) is 9.21. The summed E-state index contributed by atoms with van der Waals surface area (Å²) < 4.78 is 5.14. The molecule has 0 spiro atoms. The van der Waals surface area contributed by atoms with Gasteiger partial charge >= 0.3 is 0 Å². The Morgan fingerprint density at radius 3 is 2.74 bits per heavy atom. The maximum Gasteiger partial charge on any atom is 0.120 e. The van der Waals surface area contributed by atoms with Gasteiger partial charge in [-0.15, -0.1) is 0 Å². The predicted octanol–water partition coefficient (Wildman–Crippen LogP) is 2.29. The van der Waals surface area contributed by atoms with Gasteiger partial charge in [-0.2, -0.15) is 0 Å². The number of aliphatic hydroxyl groups is 1. The first-order valence-electron chi connectivity index (χ1n) is 6.88. The normalized spacial score (nSPS) is 12.4. The first kappa shape index (κ1) is 15.8. The van der Waals surface area contributed by atoms with E-state index in [1.807, 2.05) is 6.07 Å². The molecule has 0 aromatic heterocycles. The molecule has 4 nitrogen and oxygen atoms in total. The van der Waals surface area contributed by atoms with Gasteiger partial charge in [-0.25, -0.2) is 0 Å². The molecule has 3 N–H and O–H groups in total. The Labute approximate surface area is 115 Å². The van der Waals surface area contributed by atoms with E-state index in [0.29, 0.717) is 12.5 Å². The second-order valence-corrected chi connectivity index (χ2v) is 4.79. The molecule has 108 valence electrons. The van der Waals surface area contributed by atoms with Crippen molar-refractivity contribution in [2.75, 3.05) is 20.3 Å².